The summed E-state index contributed by atoms with van der Waals surface area (Å²) < 4.78 is 3.68. The van der Waals surface area contributed by atoms with Crippen molar-refractivity contribution in [3.05, 3.63) is 43.0 Å². The van der Waals surface area contributed by atoms with E-state index in [1.807, 2.05) is 6.56 Å². The van der Waals surface area contributed by atoms with Gasteiger partial charge in [-0.2, -0.15) is 0 Å². The fourth-order valence-corrected chi connectivity index (χ4v) is 24.7. The molecular formula is C13H19SiZr. The van der Waals surface area contributed by atoms with Crippen LogP contribution in [0.15, 0.2) is 43.0 Å². The molecule has 0 aromatic rings. The summed E-state index contributed by atoms with van der Waals surface area (Å²) in [5.74, 6) is 0. The van der Waals surface area contributed by atoms with Gasteiger partial charge in [0.1, 0.15) is 0 Å². The first-order valence-electron chi connectivity index (χ1n) is 5.68. The second kappa shape index (κ2) is 4.51. The summed E-state index contributed by atoms with van der Waals surface area (Å²) in [6.07, 6.45) is 16.6. The zero-order chi connectivity index (χ0) is 10.9. The summed E-state index contributed by atoms with van der Waals surface area (Å²) in [5.41, 5.74) is 0. The van der Waals surface area contributed by atoms with Crippen molar-refractivity contribution in [1.82, 2.24) is 0 Å². The third kappa shape index (κ3) is 2.60. The van der Waals surface area contributed by atoms with Crippen molar-refractivity contribution >= 4 is 5.20 Å². The van der Waals surface area contributed by atoms with Gasteiger partial charge >= 0.3 is 102 Å². The van der Waals surface area contributed by atoms with Crippen LogP contribution in [0.5, 0.6) is 0 Å². The van der Waals surface area contributed by atoms with E-state index in [2.05, 4.69) is 56.1 Å². The van der Waals surface area contributed by atoms with E-state index in [0.717, 1.165) is 0 Å². The van der Waals surface area contributed by atoms with Gasteiger partial charge in [-0.15, -0.1) is 0 Å². The zero-order valence-electron chi connectivity index (χ0n) is 9.88. The summed E-state index contributed by atoms with van der Waals surface area (Å²) in [5, 5.41) is -0.937. The number of allylic oxidation sites excluding steroid dienone is 8. The molecule has 0 heterocycles. The Labute approximate surface area is 101 Å². The molecule has 0 bridgehead atoms. The minimum atomic E-state index is -1.43. The molecule has 2 aliphatic rings. The normalized spacial score (nSPS) is 19.4. The van der Waals surface area contributed by atoms with Gasteiger partial charge in [0.05, 0.1) is 0 Å². The molecule has 0 radical (unpaired) electrons. The second-order valence-corrected chi connectivity index (χ2v) is 28.8. The van der Waals surface area contributed by atoms with Crippen molar-refractivity contribution in [2.45, 2.75) is 32.5 Å². The zero-order valence-corrected chi connectivity index (χ0v) is 13.3. The molecule has 0 spiro atoms. The van der Waals surface area contributed by atoms with Crippen molar-refractivity contribution in [3.63, 3.8) is 0 Å². The van der Waals surface area contributed by atoms with Gasteiger partial charge in [-0.05, 0) is 0 Å². The van der Waals surface area contributed by atoms with Crippen LogP contribution in [0.3, 0.4) is 0 Å². The molecule has 2 rings (SSSR count). The van der Waals surface area contributed by atoms with E-state index in [1.54, 1.807) is 0 Å². The molecule has 0 saturated heterocycles. The maximum atomic E-state index is 2.57. The van der Waals surface area contributed by atoms with Crippen LogP contribution in [0.4, 0.5) is 0 Å². The molecule has 0 amide bonds. The topological polar surface area (TPSA) is 0 Å². The van der Waals surface area contributed by atoms with Gasteiger partial charge in [0.25, 0.3) is 0 Å². The van der Waals surface area contributed by atoms with Crippen molar-refractivity contribution in [2.75, 3.05) is 0 Å². The Morgan fingerprint density at radius 3 is 1.67 bits per heavy atom. The second-order valence-electron chi connectivity index (χ2n) is 5.27. The van der Waals surface area contributed by atoms with E-state index in [0.29, 0.717) is 0 Å². The quantitative estimate of drug-likeness (QED) is 0.687. The summed E-state index contributed by atoms with van der Waals surface area (Å²) in [6.45, 7) is 7.71. The van der Waals surface area contributed by atoms with Crippen LogP contribution in [0.1, 0.15) is 12.8 Å². The summed E-state index contributed by atoms with van der Waals surface area (Å²) >= 11 is -1.43. The van der Waals surface area contributed by atoms with Gasteiger partial charge in [0.2, 0.25) is 0 Å². The first-order valence-corrected chi connectivity index (χ1v) is 15.3. The summed E-state index contributed by atoms with van der Waals surface area (Å²) in [6, 6.07) is 0. The molecule has 0 aliphatic heterocycles. The third-order valence-electron chi connectivity index (χ3n) is 2.93. The predicted octanol–water partition coefficient (Wildman–Crippen LogP) is 4.13. The molecule has 0 unspecified atom stereocenters. The molecule has 0 nitrogen and oxygen atoms in total. The van der Waals surface area contributed by atoms with Gasteiger partial charge in [0.15, 0.2) is 0 Å². The van der Waals surface area contributed by atoms with Crippen LogP contribution >= 0.6 is 0 Å². The van der Waals surface area contributed by atoms with Crippen LogP contribution < -0.4 is 0 Å². The van der Waals surface area contributed by atoms with Crippen LogP contribution in [-0.4, -0.2) is 5.20 Å². The summed E-state index contributed by atoms with van der Waals surface area (Å²) in [7, 11) is 0. The first-order chi connectivity index (χ1) is 7.09. The Morgan fingerprint density at radius 2 is 1.40 bits per heavy atom. The van der Waals surface area contributed by atoms with Crippen LogP contribution in [0.25, 0.3) is 0 Å². The Morgan fingerprint density at radius 1 is 0.933 bits per heavy atom. The van der Waals surface area contributed by atoms with Gasteiger partial charge in [-0.1, -0.05) is 0 Å². The monoisotopic (exact) mass is 293 g/mol. The molecule has 79 valence electrons. The first kappa shape index (κ1) is 11.5. The van der Waals surface area contributed by atoms with Crippen molar-refractivity contribution in [3.8, 4) is 0 Å². The predicted molar refractivity (Wildman–Crippen MR) is 67.0 cm³/mol. The standard InChI is InChI=1S/2C5H5.C3H9Si.Zr/c2*1-2-4-5-3-1;1-4(2)3;/h2*1-3H,4H2;1-3H3;. The fraction of sp³-hybridized carbons (Fsp3) is 0.385. The Bertz CT molecular complexity index is 336. The fourth-order valence-electron chi connectivity index (χ4n) is 2.43. The van der Waals surface area contributed by atoms with E-state index in [-0.39, 0.29) is 0 Å². The molecule has 2 heteroatoms. The minimum absolute atomic E-state index is 0.937. The van der Waals surface area contributed by atoms with Gasteiger partial charge in [0, 0.05) is 0 Å². The van der Waals surface area contributed by atoms with E-state index in [1.165, 1.54) is 12.8 Å². The van der Waals surface area contributed by atoms with Crippen LogP contribution in [-0.2, 0) is 20.9 Å². The molecule has 2 aliphatic carbocycles. The summed E-state index contributed by atoms with van der Waals surface area (Å²) in [4.78, 5) is 0. The number of rotatable bonds is 3. The molecule has 0 atom stereocenters. The average Bonchev–Trinajstić information content (AvgIpc) is 2.73. The van der Waals surface area contributed by atoms with Crippen LogP contribution in [0, 0.1) is 0 Å². The van der Waals surface area contributed by atoms with Gasteiger partial charge < -0.3 is 0 Å². The van der Waals surface area contributed by atoms with Gasteiger partial charge in [-0.3, -0.25) is 0 Å². The number of hydrogen-bond donors (Lipinski definition) is 0. The molecular weight excluding hydrogens is 275 g/mol. The average molecular weight is 295 g/mol. The molecule has 15 heavy (non-hydrogen) atoms. The van der Waals surface area contributed by atoms with Gasteiger partial charge in [-0.25, -0.2) is 0 Å². The molecule has 0 fully saturated rings. The van der Waals surface area contributed by atoms with Crippen molar-refractivity contribution in [2.24, 2.45) is 0 Å². The maximum absolute atomic E-state index is 2.57. The van der Waals surface area contributed by atoms with E-state index < -0.39 is 26.1 Å². The van der Waals surface area contributed by atoms with E-state index in [9.17, 15) is 0 Å². The van der Waals surface area contributed by atoms with E-state index >= 15 is 0 Å². The van der Waals surface area contributed by atoms with Crippen molar-refractivity contribution in [1.29, 1.82) is 0 Å². The SMILES string of the molecule is C[Si](C)(C)[Zr]([C]1=CC=CC1)[C]1=CC=CC1. The van der Waals surface area contributed by atoms with Crippen LogP contribution in [0.2, 0.25) is 19.6 Å². The number of hydrogen-bond acceptors (Lipinski definition) is 0. The Kier molecular flexibility index (Phi) is 3.47. The molecule has 0 N–H and O–H groups in total. The Hall–Kier alpha value is 0.0600. The molecule has 0 saturated carbocycles. The molecule has 0 aromatic carbocycles. The molecule has 0 aromatic heterocycles. The Balaban J connectivity index is 2.25. The third-order valence-corrected chi connectivity index (χ3v) is 24.3. The van der Waals surface area contributed by atoms with E-state index in [4.69, 9.17) is 0 Å². The van der Waals surface area contributed by atoms with Crippen molar-refractivity contribution < 1.29 is 20.9 Å².